The van der Waals surface area contributed by atoms with Gasteiger partial charge in [-0.25, -0.2) is 0 Å². The number of hydrogen-bond donors (Lipinski definition) is 1. The highest BCUT2D eigenvalue weighted by Crippen LogP contribution is 2.34. The van der Waals surface area contributed by atoms with Crippen LogP contribution in [0, 0.1) is 17.8 Å². The van der Waals surface area contributed by atoms with Crippen LogP contribution in [0.5, 0.6) is 0 Å². The molecular formula is C12H22O2. The quantitative estimate of drug-likeness (QED) is 0.737. The molecule has 2 heteroatoms. The van der Waals surface area contributed by atoms with Crippen LogP contribution in [0.4, 0.5) is 0 Å². The molecule has 4 unspecified atom stereocenters. The summed E-state index contributed by atoms with van der Waals surface area (Å²) in [6.07, 6.45) is 6.06. The SMILES string of the molecule is CC1CCCC(C(O)C2CCOC2)C1. The Morgan fingerprint density at radius 3 is 2.71 bits per heavy atom. The van der Waals surface area contributed by atoms with Gasteiger partial charge in [0, 0.05) is 12.5 Å². The standard InChI is InChI=1S/C12H22O2/c1-9-3-2-4-10(7-9)12(13)11-5-6-14-8-11/h9-13H,2-8H2,1H3. The van der Waals surface area contributed by atoms with Gasteiger partial charge in [-0.3, -0.25) is 0 Å². The Balaban J connectivity index is 1.86. The molecule has 2 nitrogen and oxygen atoms in total. The van der Waals surface area contributed by atoms with Crippen LogP contribution >= 0.6 is 0 Å². The molecule has 0 bridgehead atoms. The van der Waals surface area contributed by atoms with E-state index in [4.69, 9.17) is 4.74 Å². The summed E-state index contributed by atoms with van der Waals surface area (Å²) in [4.78, 5) is 0. The number of aliphatic hydroxyl groups is 1. The molecule has 0 radical (unpaired) electrons. The van der Waals surface area contributed by atoms with Crippen LogP contribution in [0.15, 0.2) is 0 Å². The van der Waals surface area contributed by atoms with Crippen LogP contribution in [0.3, 0.4) is 0 Å². The molecule has 0 aromatic carbocycles. The van der Waals surface area contributed by atoms with E-state index >= 15 is 0 Å². The van der Waals surface area contributed by atoms with Gasteiger partial charge in [0.05, 0.1) is 12.7 Å². The van der Waals surface area contributed by atoms with Crippen LogP contribution in [0.2, 0.25) is 0 Å². The molecule has 2 rings (SSSR count). The topological polar surface area (TPSA) is 29.5 Å². The first-order valence-electron chi connectivity index (χ1n) is 6.03. The maximum absolute atomic E-state index is 10.2. The van der Waals surface area contributed by atoms with E-state index in [1.165, 1.54) is 25.7 Å². The minimum atomic E-state index is -0.0970. The molecule has 1 aliphatic carbocycles. The minimum absolute atomic E-state index is 0.0970. The van der Waals surface area contributed by atoms with Crippen LogP contribution in [-0.2, 0) is 4.74 Å². The van der Waals surface area contributed by atoms with Crippen molar-refractivity contribution in [3.8, 4) is 0 Å². The van der Waals surface area contributed by atoms with Crippen LogP contribution in [-0.4, -0.2) is 24.4 Å². The predicted octanol–water partition coefficient (Wildman–Crippen LogP) is 2.21. The van der Waals surface area contributed by atoms with E-state index in [0.29, 0.717) is 11.8 Å². The summed E-state index contributed by atoms with van der Waals surface area (Å²) in [7, 11) is 0. The number of rotatable bonds is 2. The zero-order valence-corrected chi connectivity index (χ0v) is 9.11. The average Bonchev–Trinajstić information content (AvgIpc) is 2.69. The van der Waals surface area contributed by atoms with Gasteiger partial charge in [-0.05, 0) is 31.1 Å². The largest absolute Gasteiger partial charge is 0.392 e. The Morgan fingerprint density at radius 1 is 1.21 bits per heavy atom. The highest BCUT2D eigenvalue weighted by Gasteiger charge is 2.32. The van der Waals surface area contributed by atoms with E-state index < -0.39 is 0 Å². The van der Waals surface area contributed by atoms with E-state index in [-0.39, 0.29) is 6.10 Å². The van der Waals surface area contributed by atoms with Gasteiger partial charge in [0.25, 0.3) is 0 Å². The molecule has 0 aromatic rings. The maximum atomic E-state index is 10.2. The Kier molecular flexibility index (Phi) is 3.45. The van der Waals surface area contributed by atoms with Gasteiger partial charge in [0.15, 0.2) is 0 Å². The van der Waals surface area contributed by atoms with Crippen LogP contribution in [0.25, 0.3) is 0 Å². The fourth-order valence-corrected chi connectivity index (χ4v) is 3.00. The van der Waals surface area contributed by atoms with Crippen molar-refractivity contribution in [2.45, 2.75) is 45.1 Å². The van der Waals surface area contributed by atoms with Gasteiger partial charge >= 0.3 is 0 Å². The minimum Gasteiger partial charge on any atom is -0.392 e. The summed E-state index contributed by atoms with van der Waals surface area (Å²) < 4.78 is 5.34. The molecule has 1 saturated heterocycles. The predicted molar refractivity (Wildman–Crippen MR) is 56.1 cm³/mol. The number of aliphatic hydroxyl groups excluding tert-OH is 1. The summed E-state index contributed by atoms with van der Waals surface area (Å²) in [6.45, 7) is 3.94. The molecule has 14 heavy (non-hydrogen) atoms. The Hall–Kier alpha value is -0.0800. The molecule has 0 amide bonds. The summed E-state index contributed by atoms with van der Waals surface area (Å²) >= 11 is 0. The normalized spacial score (nSPS) is 41.1. The third kappa shape index (κ3) is 2.29. The van der Waals surface area contributed by atoms with E-state index in [9.17, 15) is 5.11 Å². The van der Waals surface area contributed by atoms with Gasteiger partial charge in [-0.1, -0.05) is 19.8 Å². The lowest BCUT2D eigenvalue weighted by atomic mass is 9.76. The van der Waals surface area contributed by atoms with E-state index in [2.05, 4.69) is 6.92 Å². The van der Waals surface area contributed by atoms with Crippen LogP contribution < -0.4 is 0 Å². The third-order valence-corrected chi connectivity index (χ3v) is 3.91. The fraction of sp³-hybridized carbons (Fsp3) is 1.00. The second-order valence-corrected chi connectivity index (χ2v) is 5.15. The van der Waals surface area contributed by atoms with Gasteiger partial charge in [0.2, 0.25) is 0 Å². The monoisotopic (exact) mass is 198 g/mol. The van der Waals surface area contributed by atoms with E-state index in [1.807, 2.05) is 0 Å². The molecule has 1 N–H and O–H groups in total. The second kappa shape index (κ2) is 4.63. The summed E-state index contributed by atoms with van der Waals surface area (Å²) in [5.74, 6) is 1.78. The lowest BCUT2D eigenvalue weighted by Gasteiger charge is -2.32. The van der Waals surface area contributed by atoms with Crippen LogP contribution in [0.1, 0.15) is 39.0 Å². The Morgan fingerprint density at radius 2 is 2.07 bits per heavy atom. The van der Waals surface area contributed by atoms with Crippen molar-refractivity contribution in [2.24, 2.45) is 17.8 Å². The van der Waals surface area contributed by atoms with Gasteiger partial charge in [-0.2, -0.15) is 0 Å². The van der Waals surface area contributed by atoms with Gasteiger partial charge in [-0.15, -0.1) is 0 Å². The lowest BCUT2D eigenvalue weighted by molar-refractivity contribution is 0.0196. The highest BCUT2D eigenvalue weighted by molar-refractivity contribution is 4.82. The third-order valence-electron chi connectivity index (χ3n) is 3.91. The Bertz CT molecular complexity index is 175. The molecular weight excluding hydrogens is 176 g/mol. The smallest absolute Gasteiger partial charge is 0.0619 e. The van der Waals surface area contributed by atoms with Crippen molar-refractivity contribution in [1.82, 2.24) is 0 Å². The first-order chi connectivity index (χ1) is 6.77. The molecule has 2 fully saturated rings. The molecule has 1 aliphatic heterocycles. The lowest BCUT2D eigenvalue weighted by Crippen LogP contribution is -2.32. The highest BCUT2D eigenvalue weighted by atomic mass is 16.5. The van der Waals surface area contributed by atoms with Crippen molar-refractivity contribution in [1.29, 1.82) is 0 Å². The maximum Gasteiger partial charge on any atom is 0.0619 e. The molecule has 2 aliphatic rings. The van der Waals surface area contributed by atoms with Crippen molar-refractivity contribution < 1.29 is 9.84 Å². The Labute approximate surface area is 86.6 Å². The van der Waals surface area contributed by atoms with Crippen molar-refractivity contribution in [3.63, 3.8) is 0 Å². The summed E-state index contributed by atoms with van der Waals surface area (Å²) in [6, 6.07) is 0. The first-order valence-corrected chi connectivity index (χ1v) is 6.03. The molecule has 4 atom stereocenters. The molecule has 0 aromatic heterocycles. The molecule has 1 saturated carbocycles. The zero-order chi connectivity index (χ0) is 9.97. The van der Waals surface area contributed by atoms with Gasteiger partial charge < -0.3 is 9.84 Å². The van der Waals surface area contributed by atoms with E-state index in [1.54, 1.807) is 0 Å². The number of ether oxygens (including phenoxy) is 1. The molecule has 0 spiro atoms. The van der Waals surface area contributed by atoms with E-state index in [0.717, 1.165) is 25.6 Å². The number of hydrogen-bond acceptors (Lipinski definition) is 2. The first kappa shape index (κ1) is 10.4. The average molecular weight is 198 g/mol. The van der Waals surface area contributed by atoms with Crippen molar-refractivity contribution in [2.75, 3.05) is 13.2 Å². The second-order valence-electron chi connectivity index (χ2n) is 5.15. The zero-order valence-electron chi connectivity index (χ0n) is 9.11. The van der Waals surface area contributed by atoms with Crippen molar-refractivity contribution >= 4 is 0 Å². The molecule has 1 heterocycles. The summed E-state index contributed by atoms with van der Waals surface area (Å²) in [5, 5.41) is 10.2. The molecule has 82 valence electrons. The fourth-order valence-electron chi connectivity index (χ4n) is 3.00. The van der Waals surface area contributed by atoms with Crippen molar-refractivity contribution in [3.05, 3.63) is 0 Å². The summed E-state index contributed by atoms with van der Waals surface area (Å²) in [5.41, 5.74) is 0. The van der Waals surface area contributed by atoms with Gasteiger partial charge in [0.1, 0.15) is 0 Å².